The minimum absolute atomic E-state index is 0.0464. The molecule has 8 heteroatoms. The van der Waals surface area contributed by atoms with Gasteiger partial charge < -0.3 is 4.74 Å². The van der Waals surface area contributed by atoms with Crippen LogP contribution in [0.15, 0.2) is 59.5 Å². The molecule has 0 spiro atoms. The molecule has 2 aromatic carbocycles. The molecule has 2 aromatic rings. The Morgan fingerprint density at radius 3 is 2.30 bits per heavy atom. The molecule has 2 amide bonds. The summed E-state index contributed by atoms with van der Waals surface area (Å²) in [5.41, 5.74) is 0.0590. The van der Waals surface area contributed by atoms with Gasteiger partial charge in [0, 0.05) is 19.3 Å². The van der Waals surface area contributed by atoms with Gasteiger partial charge in [-0.05, 0) is 30.7 Å². The molecule has 3 rings (SSSR count). The van der Waals surface area contributed by atoms with E-state index in [1.54, 1.807) is 36.4 Å². The fourth-order valence-electron chi connectivity index (χ4n) is 2.92. The summed E-state index contributed by atoms with van der Waals surface area (Å²) in [4.78, 5) is 25.4. The van der Waals surface area contributed by atoms with Crippen molar-refractivity contribution in [2.45, 2.75) is 11.3 Å². The van der Waals surface area contributed by atoms with Gasteiger partial charge in [-0.2, -0.15) is 0 Å². The Morgan fingerprint density at radius 1 is 0.963 bits per heavy atom. The highest BCUT2D eigenvalue weighted by molar-refractivity contribution is 7.90. The van der Waals surface area contributed by atoms with Crippen LogP contribution in [0, 0.1) is 0 Å². The predicted molar refractivity (Wildman–Crippen MR) is 98.9 cm³/mol. The fourth-order valence-corrected chi connectivity index (χ4v) is 3.80. The summed E-state index contributed by atoms with van der Waals surface area (Å²) in [7, 11) is -3.57. The van der Waals surface area contributed by atoms with Gasteiger partial charge >= 0.3 is 0 Å². The second-order valence-corrected chi connectivity index (χ2v) is 8.15. The fraction of sp³-hybridized carbons (Fsp3) is 0.263. The van der Waals surface area contributed by atoms with E-state index >= 15 is 0 Å². The zero-order chi connectivity index (χ0) is 19.4. The topological polar surface area (TPSA) is 84.0 Å². The van der Waals surface area contributed by atoms with Crippen molar-refractivity contribution < 1.29 is 22.7 Å². The first-order valence-corrected chi connectivity index (χ1v) is 10.4. The van der Waals surface area contributed by atoms with Crippen LogP contribution in [0.3, 0.4) is 0 Å². The maximum absolute atomic E-state index is 12.9. The van der Waals surface area contributed by atoms with Crippen molar-refractivity contribution in [1.29, 1.82) is 0 Å². The number of nitrogens with zero attached hydrogens (tertiary/aromatic N) is 2. The van der Waals surface area contributed by atoms with Crippen LogP contribution in [0.2, 0.25) is 0 Å². The van der Waals surface area contributed by atoms with Crippen LogP contribution in [0.5, 0.6) is 5.75 Å². The number of para-hydroxylation sites is 1. The van der Waals surface area contributed by atoms with E-state index in [9.17, 15) is 18.0 Å². The molecule has 1 aliphatic heterocycles. The summed E-state index contributed by atoms with van der Waals surface area (Å²) < 4.78 is 29.4. The third-order valence-corrected chi connectivity index (χ3v) is 5.33. The first-order chi connectivity index (χ1) is 12.9. The zero-order valence-electron chi connectivity index (χ0n) is 14.9. The molecule has 1 aliphatic rings. The Morgan fingerprint density at radius 2 is 1.59 bits per heavy atom. The predicted octanol–water partition coefficient (Wildman–Crippen LogP) is 1.76. The highest BCUT2D eigenvalue weighted by Gasteiger charge is 2.33. The van der Waals surface area contributed by atoms with Gasteiger partial charge in [-0.1, -0.05) is 30.3 Å². The zero-order valence-corrected chi connectivity index (χ0v) is 15.7. The number of carbonyl (C=O) groups excluding carboxylic acids is 2. The van der Waals surface area contributed by atoms with Crippen molar-refractivity contribution in [3.8, 4) is 5.75 Å². The van der Waals surface area contributed by atoms with E-state index in [-0.39, 0.29) is 23.0 Å². The monoisotopic (exact) mass is 388 g/mol. The smallest absolute Gasteiger partial charge is 0.279 e. The molecule has 142 valence electrons. The number of hydrogen-bond donors (Lipinski definition) is 0. The molecular weight excluding hydrogens is 368 g/mol. The van der Waals surface area contributed by atoms with Crippen molar-refractivity contribution in [1.82, 2.24) is 10.0 Å². The SMILES string of the molecule is CS(=O)(=O)c1ccccc1C(=O)N1CCCN1C(=O)COc1ccccc1. The van der Waals surface area contributed by atoms with Crippen LogP contribution in [0.25, 0.3) is 0 Å². The summed E-state index contributed by atoms with van der Waals surface area (Å²) in [6.07, 6.45) is 1.67. The van der Waals surface area contributed by atoms with Crippen molar-refractivity contribution in [3.63, 3.8) is 0 Å². The molecule has 0 aromatic heterocycles. The Hall–Kier alpha value is -2.87. The van der Waals surface area contributed by atoms with Crippen LogP contribution >= 0.6 is 0 Å². The van der Waals surface area contributed by atoms with E-state index in [0.717, 1.165) is 6.26 Å². The first kappa shape index (κ1) is 18.9. The van der Waals surface area contributed by atoms with E-state index in [1.165, 1.54) is 22.2 Å². The Balaban J connectivity index is 1.76. The van der Waals surface area contributed by atoms with E-state index in [4.69, 9.17) is 4.74 Å². The number of benzene rings is 2. The van der Waals surface area contributed by atoms with E-state index < -0.39 is 15.7 Å². The van der Waals surface area contributed by atoms with Gasteiger partial charge in [0.25, 0.3) is 11.8 Å². The average molecular weight is 388 g/mol. The normalized spacial score (nSPS) is 14.3. The maximum atomic E-state index is 12.9. The summed E-state index contributed by atoms with van der Waals surface area (Å²) in [5, 5.41) is 2.62. The van der Waals surface area contributed by atoms with Crippen LogP contribution in [-0.4, -0.2) is 56.2 Å². The molecule has 7 nitrogen and oxygen atoms in total. The highest BCUT2D eigenvalue weighted by Crippen LogP contribution is 2.21. The van der Waals surface area contributed by atoms with Crippen molar-refractivity contribution >= 4 is 21.7 Å². The number of sulfone groups is 1. The van der Waals surface area contributed by atoms with Gasteiger partial charge in [0.05, 0.1) is 10.5 Å². The molecule has 0 N–H and O–H groups in total. The number of hydrazine groups is 1. The third-order valence-electron chi connectivity index (χ3n) is 4.18. The van der Waals surface area contributed by atoms with E-state index in [0.29, 0.717) is 25.3 Å². The summed E-state index contributed by atoms with van der Waals surface area (Å²) in [5.74, 6) is -0.312. The lowest BCUT2D eigenvalue weighted by Crippen LogP contribution is -2.47. The van der Waals surface area contributed by atoms with Gasteiger partial charge in [-0.15, -0.1) is 0 Å². The van der Waals surface area contributed by atoms with Gasteiger partial charge in [0.1, 0.15) is 5.75 Å². The van der Waals surface area contributed by atoms with Crippen molar-refractivity contribution in [2.24, 2.45) is 0 Å². The Labute approximate surface area is 158 Å². The third kappa shape index (κ3) is 4.28. The van der Waals surface area contributed by atoms with Crippen LogP contribution in [0.4, 0.5) is 0 Å². The standard InChI is InChI=1S/C19H20N2O5S/c1-27(24,25)17-11-6-5-10-16(17)19(23)21-13-7-12-20(21)18(22)14-26-15-8-3-2-4-9-15/h2-6,8-11H,7,12-14H2,1H3. The lowest BCUT2D eigenvalue weighted by Gasteiger charge is -2.28. The minimum Gasteiger partial charge on any atom is -0.484 e. The molecule has 1 saturated heterocycles. The number of ether oxygens (including phenoxy) is 1. The van der Waals surface area contributed by atoms with E-state index in [1.807, 2.05) is 6.07 Å². The summed E-state index contributed by atoms with van der Waals surface area (Å²) in [6.45, 7) is 0.513. The molecule has 0 bridgehead atoms. The van der Waals surface area contributed by atoms with Gasteiger partial charge in [-0.3, -0.25) is 9.59 Å². The number of amides is 2. The summed E-state index contributed by atoms with van der Waals surface area (Å²) in [6, 6.07) is 14.9. The van der Waals surface area contributed by atoms with E-state index in [2.05, 4.69) is 0 Å². The lowest BCUT2D eigenvalue weighted by atomic mass is 10.2. The largest absolute Gasteiger partial charge is 0.484 e. The van der Waals surface area contributed by atoms with Gasteiger partial charge in [0.15, 0.2) is 16.4 Å². The lowest BCUT2D eigenvalue weighted by molar-refractivity contribution is -0.142. The molecule has 0 radical (unpaired) electrons. The van der Waals surface area contributed by atoms with Crippen LogP contribution < -0.4 is 4.74 Å². The van der Waals surface area contributed by atoms with Crippen LogP contribution in [0.1, 0.15) is 16.8 Å². The van der Waals surface area contributed by atoms with Gasteiger partial charge in [-0.25, -0.2) is 18.4 Å². The number of rotatable bonds is 5. The number of carbonyl (C=O) groups is 2. The first-order valence-electron chi connectivity index (χ1n) is 8.47. The highest BCUT2D eigenvalue weighted by atomic mass is 32.2. The van der Waals surface area contributed by atoms with Gasteiger partial charge in [0.2, 0.25) is 0 Å². The molecule has 0 unspecified atom stereocenters. The Bertz CT molecular complexity index is 944. The molecular formula is C19H20N2O5S. The molecule has 1 heterocycles. The van der Waals surface area contributed by atoms with Crippen molar-refractivity contribution in [2.75, 3.05) is 26.0 Å². The molecule has 0 atom stereocenters. The maximum Gasteiger partial charge on any atom is 0.279 e. The molecule has 27 heavy (non-hydrogen) atoms. The summed E-state index contributed by atoms with van der Waals surface area (Å²) >= 11 is 0. The minimum atomic E-state index is -3.57. The molecule has 0 saturated carbocycles. The average Bonchev–Trinajstić information content (AvgIpc) is 3.15. The second kappa shape index (κ2) is 7.79. The van der Waals surface area contributed by atoms with Crippen LogP contribution in [-0.2, 0) is 14.6 Å². The number of hydrogen-bond acceptors (Lipinski definition) is 5. The van der Waals surface area contributed by atoms with Crippen molar-refractivity contribution in [3.05, 3.63) is 60.2 Å². The Kier molecular flexibility index (Phi) is 5.46. The second-order valence-electron chi connectivity index (χ2n) is 6.17. The molecule has 1 fully saturated rings. The quantitative estimate of drug-likeness (QED) is 0.779. The molecule has 0 aliphatic carbocycles.